The molecule has 4 aromatic carbocycles. The Balaban J connectivity index is 0.000000256. The molecule has 0 aliphatic heterocycles. The molecule has 0 spiro atoms. The zero-order valence-corrected chi connectivity index (χ0v) is 61.7. The molecule has 0 saturated carbocycles. The Kier molecular flexibility index (Phi) is 32.9. The fourth-order valence-electron chi connectivity index (χ4n) is 9.91. The van der Waals surface area contributed by atoms with Crippen LogP contribution in [-0.4, -0.2) is 110 Å². The van der Waals surface area contributed by atoms with Crippen LogP contribution in [0, 0.1) is 13.8 Å². The molecular formula is C73H90F12N12O10. The van der Waals surface area contributed by atoms with E-state index in [1.807, 2.05) is 55.4 Å². The Morgan fingerprint density at radius 3 is 1.09 bits per heavy atom. The van der Waals surface area contributed by atoms with E-state index in [4.69, 9.17) is 28.4 Å². The Morgan fingerprint density at radius 2 is 0.748 bits per heavy atom. The van der Waals surface area contributed by atoms with Crippen LogP contribution in [0.2, 0.25) is 0 Å². The third-order valence-electron chi connectivity index (χ3n) is 15.0. The van der Waals surface area contributed by atoms with Crippen molar-refractivity contribution in [3.63, 3.8) is 0 Å². The van der Waals surface area contributed by atoms with E-state index in [0.29, 0.717) is 58.3 Å². The normalized spacial score (nSPS) is 11.4. The number of aryl methyl sites for hydroxylation is 6. The van der Waals surface area contributed by atoms with Crippen molar-refractivity contribution in [1.82, 2.24) is 39.1 Å². The summed E-state index contributed by atoms with van der Waals surface area (Å²) in [6.07, 6.45) is -5.22. The number of amides is 4. The summed E-state index contributed by atoms with van der Waals surface area (Å²) in [6.45, 7) is 22.5. The van der Waals surface area contributed by atoms with Crippen LogP contribution in [0.3, 0.4) is 0 Å². The summed E-state index contributed by atoms with van der Waals surface area (Å²) in [6, 6.07) is 13.2. The lowest BCUT2D eigenvalue weighted by molar-refractivity contribution is -0.139. The van der Waals surface area contributed by atoms with E-state index < -0.39 is 70.6 Å². The Morgan fingerprint density at radius 1 is 0.402 bits per heavy atom. The van der Waals surface area contributed by atoms with Gasteiger partial charge in [0, 0.05) is 81.1 Å². The number of aromatic nitrogens is 8. The molecule has 34 heteroatoms. The first-order valence-corrected chi connectivity index (χ1v) is 34.4. The highest BCUT2D eigenvalue weighted by molar-refractivity contribution is 6.08. The number of nitrogens with zero attached hydrogens (tertiary/aromatic N) is 9. The number of nitrogens with one attached hydrogen (secondary N) is 3. The van der Waals surface area contributed by atoms with Crippen LogP contribution >= 0.6 is 0 Å². The fourth-order valence-corrected chi connectivity index (χ4v) is 9.91. The van der Waals surface area contributed by atoms with Crippen molar-refractivity contribution in [2.45, 2.75) is 171 Å². The average Bonchev–Trinajstić information content (AvgIpc) is 1.60. The minimum absolute atomic E-state index is 0.0206. The van der Waals surface area contributed by atoms with Crippen molar-refractivity contribution in [2.75, 3.05) is 68.5 Å². The van der Waals surface area contributed by atoms with Crippen LogP contribution < -0.4 is 49.3 Å². The van der Waals surface area contributed by atoms with Gasteiger partial charge in [-0.1, -0.05) is 55.4 Å². The number of hydrogen-bond acceptors (Lipinski definition) is 14. The predicted octanol–water partition coefficient (Wildman–Crippen LogP) is 18.1. The van der Waals surface area contributed by atoms with Crippen LogP contribution in [0.4, 0.5) is 75.4 Å². The quantitative estimate of drug-likeness (QED) is 0.0355. The number of ether oxygens (including phenoxy) is 6. The van der Waals surface area contributed by atoms with Crippen molar-refractivity contribution < 1.29 is 100 Å². The zero-order valence-electron chi connectivity index (χ0n) is 61.7. The largest absolute Gasteiger partial charge is 0.496 e. The second-order valence-electron chi connectivity index (χ2n) is 23.9. The molecule has 0 aliphatic carbocycles. The maximum Gasteiger partial charge on any atom is 0.419 e. The molecule has 4 aromatic heterocycles. The second-order valence-corrected chi connectivity index (χ2v) is 23.9. The van der Waals surface area contributed by atoms with E-state index in [2.05, 4.69) is 36.3 Å². The SMILES string of the molecule is CCCOc1nn(CCC)cc1C(=O)N(C)c1ccc(C(F)(F)F)cc1.CCCOc1nn(CCC)cc1C(=O)Nc1cc(C)c(C(F)(F)F)cc1OC.CCCOc1nn(CCC)cc1C(=O)Nc1ccc(C(F)(F)F)c(C)c1.CCCOc1nn(CCC)cc1C(=O)Nc1ccc(C(F)(F)F)c(OC)c1. The minimum Gasteiger partial charge on any atom is -0.496 e. The van der Waals surface area contributed by atoms with Gasteiger partial charge in [0.1, 0.15) is 33.8 Å². The lowest BCUT2D eigenvalue weighted by atomic mass is 10.1. The predicted molar refractivity (Wildman–Crippen MR) is 378 cm³/mol. The number of hydrogen-bond donors (Lipinski definition) is 3. The van der Waals surface area contributed by atoms with Gasteiger partial charge in [-0.3, -0.25) is 37.9 Å². The Hall–Kier alpha value is -10.4. The number of anilines is 4. The van der Waals surface area contributed by atoms with E-state index in [1.165, 1.54) is 69.3 Å². The molecule has 0 fully saturated rings. The first kappa shape index (κ1) is 87.2. The second kappa shape index (κ2) is 40.3. The first-order chi connectivity index (χ1) is 50.5. The molecule has 22 nitrogen and oxygen atoms in total. The highest BCUT2D eigenvalue weighted by atomic mass is 19.4. The molecule has 4 heterocycles. The van der Waals surface area contributed by atoms with Gasteiger partial charge in [0.2, 0.25) is 23.5 Å². The zero-order chi connectivity index (χ0) is 79.6. The summed E-state index contributed by atoms with van der Waals surface area (Å²) in [7, 11) is 3.89. The first-order valence-electron chi connectivity index (χ1n) is 34.4. The molecule has 4 amide bonds. The molecule has 0 radical (unpaired) electrons. The molecule has 8 rings (SSSR count). The summed E-state index contributed by atoms with van der Waals surface area (Å²) < 4.78 is 193. The molecule has 0 aliphatic rings. The standard InChI is InChI=1S/C19H24F3N3O3.C18H22F3N3O3.2C18H22F3N3O2/c1-5-7-25-11-13(18(24-25)28-8-6-2)17(26)23-15-9-12(3)14(19(20,21)22)10-16(15)27-4;1-4-8-24-11-13(17(23-24)27-9-5-2)16(25)22-12-6-7-14(18(19,20)21)15(10-12)26-3;1-4-10-24-12-15(16(22-24)26-11-5-2)17(25)23(3)14-8-6-13(7-9-14)18(19,20)21;1-4-8-24-11-14(17(23-24)26-9-5-2)16(25)22-13-6-7-15(12(3)10-13)18(19,20)21/h9-11H,5-8H2,1-4H3,(H,23,26);6-7,10-11H,4-5,8-9H2,1-3H3,(H,22,25);6-9,12H,4-5,10-11H2,1-3H3;6-7,10-11H,4-5,8-9H2,1-3H3,(H,22,25). The molecule has 0 atom stereocenters. The van der Waals surface area contributed by atoms with Crippen molar-refractivity contribution in [3.8, 4) is 35.0 Å². The van der Waals surface area contributed by atoms with Crippen molar-refractivity contribution in [3.05, 3.63) is 153 Å². The molecule has 0 unspecified atom stereocenters. The van der Waals surface area contributed by atoms with Crippen LogP contribution in [0.25, 0.3) is 0 Å². The third-order valence-corrected chi connectivity index (χ3v) is 15.0. The highest BCUT2D eigenvalue weighted by Gasteiger charge is 2.37. The molecule has 0 bridgehead atoms. The fraction of sp³-hybridized carbons (Fsp3) is 0.452. The molecule has 8 aromatic rings. The lowest BCUT2D eigenvalue weighted by Crippen LogP contribution is -2.26. The van der Waals surface area contributed by atoms with Crippen LogP contribution in [0.15, 0.2) is 97.6 Å². The maximum atomic E-state index is 13.1. The summed E-state index contributed by atoms with van der Waals surface area (Å²) >= 11 is 0. The number of rotatable bonds is 30. The monoisotopic (exact) mass is 1520 g/mol. The van der Waals surface area contributed by atoms with Crippen LogP contribution in [0.5, 0.6) is 35.0 Å². The third kappa shape index (κ3) is 25.4. The molecule has 586 valence electrons. The van der Waals surface area contributed by atoms with E-state index in [0.717, 1.165) is 94.9 Å². The van der Waals surface area contributed by atoms with Crippen LogP contribution in [0.1, 0.15) is 182 Å². The number of alkyl halides is 12. The van der Waals surface area contributed by atoms with Gasteiger partial charge >= 0.3 is 24.7 Å². The molecule has 3 N–H and O–H groups in total. The van der Waals surface area contributed by atoms with Gasteiger partial charge in [-0.2, -0.15) is 52.7 Å². The molecular weight excluding hydrogens is 1430 g/mol. The van der Waals surface area contributed by atoms with E-state index in [1.54, 1.807) is 43.5 Å². The maximum absolute atomic E-state index is 13.1. The van der Waals surface area contributed by atoms with Crippen molar-refractivity contribution in [2.24, 2.45) is 0 Å². The lowest BCUT2D eigenvalue weighted by Gasteiger charge is -2.18. The Bertz CT molecular complexity index is 4180. The summed E-state index contributed by atoms with van der Waals surface area (Å²) in [5, 5.41) is 24.8. The van der Waals surface area contributed by atoms with E-state index in [9.17, 15) is 71.9 Å². The van der Waals surface area contributed by atoms with Crippen molar-refractivity contribution in [1.29, 1.82) is 0 Å². The smallest absolute Gasteiger partial charge is 0.419 e. The number of benzene rings is 4. The van der Waals surface area contributed by atoms with Gasteiger partial charge in [0.25, 0.3) is 23.6 Å². The van der Waals surface area contributed by atoms with Gasteiger partial charge in [0.15, 0.2) is 0 Å². The van der Waals surface area contributed by atoms with Crippen LogP contribution in [-0.2, 0) is 50.9 Å². The summed E-state index contributed by atoms with van der Waals surface area (Å²) in [5.74, 6) is -1.53. The van der Waals surface area contributed by atoms with E-state index >= 15 is 0 Å². The summed E-state index contributed by atoms with van der Waals surface area (Å²) in [5.41, 5.74) is -1.27. The number of halogens is 12. The van der Waals surface area contributed by atoms with E-state index in [-0.39, 0.29) is 85.5 Å². The topological polar surface area (TPSA) is 234 Å². The minimum atomic E-state index is -4.55. The van der Waals surface area contributed by atoms with Gasteiger partial charge < -0.3 is 49.3 Å². The highest BCUT2D eigenvalue weighted by Crippen LogP contribution is 2.41. The number of methoxy groups -OCH3 is 2. The number of carbonyl (C=O) groups is 4. The Labute approximate surface area is 612 Å². The van der Waals surface area contributed by atoms with Gasteiger partial charge in [-0.05, 0) is 143 Å². The summed E-state index contributed by atoms with van der Waals surface area (Å²) in [4.78, 5) is 52.0. The molecule has 107 heavy (non-hydrogen) atoms. The molecule has 0 saturated heterocycles. The van der Waals surface area contributed by atoms with Crippen molar-refractivity contribution >= 4 is 46.4 Å². The van der Waals surface area contributed by atoms with Gasteiger partial charge in [-0.25, -0.2) is 0 Å². The number of carbonyl (C=O) groups excluding carboxylic acids is 4. The average molecular weight is 1520 g/mol. The van der Waals surface area contributed by atoms with Gasteiger partial charge in [-0.15, -0.1) is 20.4 Å². The van der Waals surface area contributed by atoms with Gasteiger partial charge in [0.05, 0.1) is 68.6 Å².